The summed E-state index contributed by atoms with van der Waals surface area (Å²) in [7, 11) is 0. The quantitative estimate of drug-likeness (QED) is 0.641. The summed E-state index contributed by atoms with van der Waals surface area (Å²) in [6.45, 7) is 2.81. The maximum absolute atomic E-state index is 5.71. The fraction of sp³-hybridized carbons (Fsp3) is 0.250. The Hall–Kier alpha value is -1.96. The van der Waals surface area contributed by atoms with E-state index in [1.54, 1.807) is 0 Å². The number of benzene rings is 2. The van der Waals surface area contributed by atoms with E-state index in [0.29, 0.717) is 0 Å². The van der Waals surface area contributed by atoms with Crippen LogP contribution in [0, 0.1) is 6.92 Å². The Morgan fingerprint density at radius 3 is 2.56 bits per heavy atom. The van der Waals surface area contributed by atoms with Crippen molar-refractivity contribution in [2.75, 3.05) is 12.3 Å². The Morgan fingerprint density at radius 2 is 1.83 bits per heavy atom. The molecule has 0 aromatic heterocycles. The molecule has 2 aromatic carbocycles. The first-order valence-corrected chi connectivity index (χ1v) is 6.28. The van der Waals surface area contributed by atoms with Gasteiger partial charge in [-0.15, -0.1) is 0 Å². The summed E-state index contributed by atoms with van der Waals surface area (Å²) >= 11 is 0. The Morgan fingerprint density at radius 1 is 1.06 bits per heavy atom. The number of ether oxygens (including phenoxy) is 1. The van der Waals surface area contributed by atoms with Crippen molar-refractivity contribution in [1.82, 2.24) is 0 Å². The van der Waals surface area contributed by atoms with Crippen LogP contribution in [0.4, 0.5) is 5.69 Å². The van der Waals surface area contributed by atoms with E-state index in [9.17, 15) is 0 Å². The van der Waals surface area contributed by atoms with Crippen LogP contribution < -0.4 is 10.5 Å². The standard InChI is InChI=1S/C16H19NO/c1-13-4-2-6-16(12-13)18-11-3-5-14-7-9-15(17)10-8-14/h2,4,6-10,12H,3,5,11,17H2,1H3. The lowest BCUT2D eigenvalue weighted by Crippen LogP contribution is -1.99. The third-order valence-electron chi connectivity index (χ3n) is 2.85. The maximum Gasteiger partial charge on any atom is 0.119 e. The lowest BCUT2D eigenvalue weighted by atomic mass is 10.1. The molecule has 2 nitrogen and oxygen atoms in total. The van der Waals surface area contributed by atoms with Gasteiger partial charge in [-0.1, -0.05) is 24.3 Å². The van der Waals surface area contributed by atoms with Crippen molar-refractivity contribution in [3.05, 3.63) is 59.7 Å². The average molecular weight is 241 g/mol. The Bertz CT molecular complexity index is 491. The molecule has 18 heavy (non-hydrogen) atoms. The van der Waals surface area contributed by atoms with Crippen molar-refractivity contribution in [3.8, 4) is 5.75 Å². The van der Waals surface area contributed by atoms with Gasteiger partial charge in [0, 0.05) is 5.69 Å². The Balaban J connectivity index is 1.74. The van der Waals surface area contributed by atoms with Crippen molar-refractivity contribution in [3.63, 3.8) is 0 Å². The molecular weight excluding hydrogens is 222 g/mol. The summed E-state index contributed by atoms with van der Waals surface area (Å²) in [5, 5.41) is 0. The molecule has 2 aromatic rings. The third kappa shape index (κ3) is 3.81. The van der Waals surface area contributed by atoms with Crippen LogP contribution in [0.15, 0.2) is 48.5 Å². The van der Waals surface area contributed by atoms with Gasteiger partial charge in [0.15, 0.2) is 0 Å². The third-order valence-corrected chi connectivity index (χ3v) is 2.85. The topological polar surface area (TPSA) is 35.2 Å². The largest absolute Gasteiger partial charge is 0.494 e. The van der Waals surface area contributed by atoms with E-state index >= 15 is 0 Å². The highest BCUT2D eigenvalue weighted by atomic mass is 16.5. The van der Waals surface area contributed by atoms with Crippen molar-refractivity contribution in [2.24, 2.45) is 0 Å². The number of nitrogen functional groups attached to an aromatic ring is 1. The molecule has 0 atom stereocenters. The molecule has 2 heteroatoms. The average Bonchev–Trinajstić information content (AvgIpc) is 2.37. The molecule has 0 unspecified atom stereocenters. The van der Waals surface area contributed by atoms with Crippen molar-refractivity contribution >= 4 is 5.69 Å². The van der Waals surface area contributed by atoms with Crippen LogP contribution in [0.2, 0.25) is 0 Å². The number of hydrogen-bond donors (Lipinski definition) is 1. The first-order valence-electron chi connectivity index (χ1n) is 6.28. The van der Waals surface area contributed by atoms with Crippen LogP contribution in [-0.2, 0) is 6.42 Å². The first kappa shape index (κ1) is 12.5. The normalized spacial score (nSPS) is 10.3. The maximum atomic E-state index is 5.71. The monoisotopic (exact) mass is 241 g/mol. The molecule has 0 spiro atoms. The van der Waals surface area contributed by atoms with Crippen LogP contribution in [0.3, 0.4) is 0 Å². The van der Waals surface area contributed by atoms with Crippen LogP contribution in [-0.4, -0.2) is 6.61 Å². The molecule has 0 fully saturated rings. The predicted octanol–water partition coefficient (Wildman–Crippen LogP) is 3.59. The van der Waals surface area contributed by atoms with E-state index in [4.69, 9.17) is 10.5 Å². The van der Waals surface area contributed by atoms with Crippen molar-refractivity contribution in [1.29, 1.82) is 0 Å². The minimum absolute atomic E-state index is 0.744. The SMILES string of the molecule is Cc1cccc(OCCCc2ccc(N)cc2)c1. The van der Waals surface area contributed by atoms with Gasteiger partial charge < -0.3 is 10.5 Å². The van der Waals surface area contributed by atoms with Gasteiger partial charge in [0.05, 0.1) is 6.61 Å². The summed E-state index contributed by atoms with van der Waals surface area (Å²) in [4.78, 5) is 0. The second kappa shape index (κ2) is 6.10. The van der Waals surface area contributed by atoms with Gasteiger partial charge in [-0.05, 0) is 55.2 Å². The van der Waals surface area contributed by atoms with E-state index in [1.807, 2.05) is 24.3 Å². The molecular formula is C16H19NO. The van der Waals surface area contributed by atoms with E-state index in [0.717, 1.165) is 30.9 Å². The number of rotatable bonds is 5. The highest BCUT2D eigenvalue weighted by Crippen LogP contribution is 2.13. The van der Waals surface area contributed by atoms with E-state index in [1.165, 1.54) is 11.1 Å². The van der Waals surface area contributed by atoms with E-state index in [2.05, 4.69) is 31.2 Å². The van der Waals surface area contributed by atoms with Crippen LogP contribution in [0.5, 0.6) is 5.75 Å². The van der Waals surface area contributed by atoms with Gasteiger partial charge in [-0.3, -0.25) is 0 Å². The highest BCUT2D eigenvalue weighted by molar-refractivity contribution is 5.39. The molecule has 0 saturated carbocycles. The molecule has 0 aliphatic heterocycles. The van der Waals surface area contributed by atoms with Crippen molar-refractivity contribution in [2.45, 2.75) is 19.8 Å². The molecule has 0 aliphatic rings. The molecule has 0 aliphatic carbocycles. The van der Waals surface area contributed by atoms with Gasteiger partial charge in [-0.2, -0.15) is 0 Å². The lowest BCUT2D eigenvalue weighted by Gasteiger charge is -2.07. The second-order valence-corrected chi connectivity index (χ2v) is 4.51. The number of aryl methyl sites for hydroxylation is 2. The summed E-state index contributed by atoms with van der Waals surface area (Å²) in [6.07, 6.45) is 2.03. The molecule has 2 N–H and O–H groups in total. The smallest absolute Gasteiger partial charge is 0.119 e. The van der Waals surface area contributed by atoms with Gasteiger partial charge in [0.2, 0.25) is 0 Å². The zero-order valence-corrected chi connectivity index (χ0v) is 10.7. The fourth-order valence-electron chi connectivity index (χ4n) is 1.86. The minimum Gasteiger partial charge on any atom is -0.494 e. The summed E-state index contributed by atoms with van der Waals surface area (Å²) < 4.78 is 5.71. The second-order valence-electron chi connectivity index (χ2n) is 4.51. The molecule has 2 rings (SSSR count). The highest BCUT2D eigenvalue weighted by Gasteiger charge is 1.96. The minimum atomic E-state index is 0.744. The lowest BCUT2D eigenvalue weighted by molar-refractivity contribution is 0.311. The zero-order chi connectivity index (χ0) is 12.8. The van der Waals surface area contributed by atoms with Gasteiger partial charge in [0.1, 0.15) is 5.75 Å². The molecule has 0 radical (unpaired) electrons. The number of hydrogen-bond acceptors (Lipinski definition) is 2. The van der Waals surface area contributed by atoms with Gasteiger partial charge in [0.25, 0.3) is 0 Å². The fourth-order valence-corrected chi connectivity index (χ4v) is 1.86. The van der Waals surface area contributed by atoms with Crippen LogP contribution in [0.25, 0.3) is 0 Å². The first-order chi connectivity index (χ1) is 8.74. The summed E-state index contributed by atoms with van der Waals surface area (Å²) in [5.74, 6) is 0.951. The van der Waals surface area contributed by atoms with E-state index < -0.39 is 0 Å². The van der Waals surface area contributed by atoms with Gasteiger partial charge >= 0.3 is 0 Å². The molecule has 0 saturated heterocycles. The Labute approximate surface area is 108 Å². The number of anilines is 1. The molecule has 0 bridgehead atoms. The van der Waals surface area contributed by atoms with Gasteiger partial charge in [-0.25, -0.2) is 0 Å². The zero-order valence-electron chi connectivity index (χ0n) is 10.7. The number of nitrogens with two attached hydrogens (primary N) is 1. The summed E-state index contributed by atoms with van der Waals surface area (Å²) in [6, 6.07) is 16.2. The molecule has 0 heterocycles. The van der Waals surface area contributed by atoms with E-state index in [-0.39, 0.29) is 0 Å². The van der Waals surface area contributed by atoms with Crippen LogP contribution >= 0.6 is 0 Å². The van der Waals surface area contributed by atoms with Crippen LogP contribution in [0.1, 0.15) is 17.5 Å². The summed E-state index contributed by atoms with van der Waals surface area (Å²) in [5.41, 5.74) is 8.99. The predicted molar refractivity (Wildman–Crippen MR) is 75.8 cm³/mol. The Kier molecular flexibility index (Phi) is 4.24. The molecule has 94 valence electrons. The van der Waals surface area contributed by atoms with Crippen molar-refractivity contribution < 1.29 is 4.74 Å². The molecule has 0 amide bonds.